The van der Waals surface area contributed by atoms with Gasteiger partial charge in [-0.25, -0.2) is 0 Å². The second kappa shape index (κ2) is 8.99. The molecule has 0 aliphatic heterocycles. The number of rotatable bonds is 6. The normalized spacial score (nSPS) is 18.1. The third kappa shape index (κ3) is 5.85. The van der Waals surface area contributed by atoms with Crippen molar-refractivity contribution < 1.29 is 27.3 Å². The first-order chi connectivity index (χ1) is 15.1. The second-order valence-electron chi connectivity index (χ2n) is 5.48. The van der Waals surface area contributed by atoms with Gasteiger partial charge in [-0.05, 0) is 44.3 Å². The lowest BCUT2D eigenvalue weighted by molar-refractivity contribution is 0.0793. The maximum atomic E-state index is 13.1. The standard InChI is InChI=1S/C20H25NO3.ClH/c1-20(2,3)21(12-15-7-5-4-6-8-15)13-19(24)16-9-10-18(23)17(11-16)14-22;/h4-11,22-23H,12-14H2,1-3H3;1H/i1D3,2D3,3D3;. The van der Waals surface area contributed by atoms with E-state index in [0.29, 0.717) is 10.5 Å². The quantitative estimate of drug-likeness (QED) is 0.757. The van der Waals surface area contributed by atoms with Crippen molar-refractivity contribution in [3.8, 4) is 5.75 Å². The Morgan fingerprint density at radius 1 is 1.16 bits per heavy atom. The molecule has 0 saturated heterocycles. The molecule has 0 amide bonds. The molecule has 0 unspecified atom stereocenters. The first kappa shape index (κ1) is 11.0. The lowest BCUT2D eigenvalue weighted by Crippen LogP contribution is -2.43. The van der Waals surface area contributed by atoms with Crippen LogP contribution in [0.2, 0.25) is 0 Å². The van der Waals surface area contributed by atoms with Crippen LogP contribution in [-0.4, -0.2) is 33.0 Å². The average Bonchev–Trinajstić information content (AvgIpc) is 2.65. The molecule has 25 heavy (non-hydrogen) atoms. The number of benzene rings is 2. The van der Waals surface area contributed by atoms with E-state index >= 15 is 0 Å². The molecule has 2 aromatic carbocycles. The Morgan fingerprint density at radius 3 is 2.44 bits per heavy atom. The Hall–Kier alpha value is -1.88. The number of nitrogens with zero attached hydrogens (tertiary/aromatic N) is 1. The van der Waals surface area contributed by atoms with E-state index in [1.54, 1.807) is 30.3 Å². The molecule has 0 atom stereocenters. The summed E-state index contributed by atoms with van der Waals surface area (Å²) >= 11 is 0. The zero-order chi connectivity index (χ0) is 25.2. The monoisotopic (exact) mass is 372 g/mol. The molecule has 0 radical (unpaired) electrons. The summed E-state index contributed by atoms with van der Waals surface area (Å²) in [6.45, 7) is -12.4. The van der Waals surface area contributed by atoms with E-state index in [1.807, 2.05) is 0 Å². The van der Waals surface area contributed by atoms with Crippen LogP contribution in [0.4, 0.5) is 0 Å². The molecule has 2 N–H and O–H groups in total. The molecule has 0 aliphatic rings. The van der Waals surface area contributed by atoms with Crippen molar-refractivity contribution in [2.75, 3.05) is 6.54 Å². The molecule has 2 aromatic rings. The number of aliphatic hydroxyl groups excluding tert-OH is 1. The number of carbonyl (C=O) groups excluding carboxylic acids is 1. The van der Waals surface area contributed by atoms with Crippen molar-refractivity contribution >= 4 is 18.2 Å². The fourth-order valence-electron chi connectivity index (χ4n) is 2.25. The highest BCUT2D eigenvalue weighted by Crippen LogP contribution is 2.21. The summed E-state index contributed by atoms with van der Waals surface area (Å²) in [6, 6.07) is 11.6. The Bertz CT molecular complexity index is 940. The molecule has 0 aliphatic carbocycles. The molecule has 0 bridgehead atoms. The fourth-order valence-corrected chi connectivity index (χ4v) is 2.25. The molecule has 0 saturated carbocycles. The van der Waals surface area contributed by atoms with Gasteiger partial charge in [-0.2, -0.15) is 0 Å². The number of halogens is 1. The number of hydrogen-bond acceptors (Lipinski definition) is 4. The van der Waals surface area contributed by atoms with Gasteiger partial charge in [0.15, 0.2) is 5.78 Å². The molecule has 5 heteroatoms. The fraction of sp³-hybridized carbons (Fsp3) is 0.350. The van der Waals surface area contributed by atoms with Crippen molar-refractivity contribution in [2.24, 2.45) is 0 Å². The van der Waals surface area contributed by atoms with Gasteiger partial charge < -0.3 is 10.2 Å². The van der Waals surface area contributed by atoms with Crippen molar-refractivity contribution in [1.29, 1.82) is 0 Å². The maximum absolute atomic E-state index is 13.1. The van der Waals surface area contributed by atoms with Crippen LogP contribution in [0.1, 0.15) is 54.4 Å². The van der Waals surface area contributed by atoms with Crippen molar-refractivity contribution in [3.63, 3.8) is 0 Å². The Kier molecular flexibility index (Phi) is 3.95. The van der Waals surface area contributed by atoms with Crippen LogP contribution in [0.25, 0.3) is 0 Å². The van der Waals surface area contributed by atoms with Crippen LogP contribution in [0.15, 0.2) is 48.5 Å². The van der Waals surface area contributed by atoms with Gasteiger partial charge >= 0.3 is 0 Å². The minimum absolute atomic E-state index is 0. The Labute approximate surface area is 168 Å². The number of hydrogen-bond donors (Lipinski definition) is 2. The van der Waals surface area contributed by atoms with Gasteiger partial charge in [-0.3, -0.25) is 9.69 Å². The molecule has 0 spiro atoms. The number of carbonyl (C=O) groups is 1. The third-order valence-electron chi connectivity index (χ3n) is 3.60. The predicted molar refractivity (Wildman–Crippen MR) is 102 cm³/mol. The molecule has 2 rings (SSSR count). The summed E-state index contributed by atoms with van der Waals surface area (Å²) in [4.78, 5) is 13.8. The topological polar surface area (TPSA) is 60.8 Å². The van der Waals surface area contributed by atoms with E-state index in [4.69, 9.17) is 12.3 Å². The third-order valence-corrected chi connectivity index (χ3v) is 3.60. The molecular weight excluding hydrogens is 338 g/mol. The number of ketones is 1. The molecule has 0 heterocycles. The van der Waals surface area contributed by atoms with Crippen molar-refractivity contribution in [2.45, 2.75) is 39.2 Å². The minimum atomic E-state index is -3.52. The van der Waals surface area contributed by atoms with Gasteiger partial charge in [-0.1, -0.05) is 30.3 Å². The van der Waals surface area contributed by atoms with Crippen LogP contribution in [-0.2, 0) is 13.2 Å². The van der Waals surface area contributed by atoms with Gasteiger partial charge in [0.25, 0.3) is 0 Å². The van der Waals surface area contributed by atoms with E-state index in [2.05, 4.69) is 0 Å². The molecule has 0 aromatic heterocycles. The Morgan fingerprint density at radius 2 is 1.84 bits per heavy atom. The average molecular weight is 373 g/mol. The maximum Gasteiger partial charge on any atom is 0.176 e. The number of Topliss-reactive ketones (excluding diaryl/α,β-unsaturated/α-hetero) is 1. The first-order valence-corrected chi connectivity index (χ1v) is 7.31. The lowest BCUT2D eigenvalue weighted by Gasteiger charge is -2.35. The van der Waals surface area contributed by atoms with Crippen molar-refractivity contribution in [1.82, 2.24) is 4.90 Å². The molecule has 0 fully saturated rings. The van der Waals surface area contributed by atoms with Crippen LogP contribution in [0.3, 0.4) is 0 Å². The summed E-state index contributed by atoms with van der Waals surface area (Å²) in [6.07, 6.45) is 0. The van der Waals surface area contributed by atoms with Gasteiger partial charge in [0.2, 0.25) is 0 Å². The zero-order valence-corrected chi connectivity index (χ0v) is 14.2. The van der Waals surface area contributed by atoms with Gasteiger partial charge in [0, 0.05) is 35.5 Å². The number of aromatic hydroxyl groups is 1. The summed E-state index contributed by atoms with van der Waals surface area (Å²) in [5.74, 6) is -1.04. The van der Waals surface area contributed by atoms with E-state index in [1.165, 1.54) is 12.1 Å². The van der Waals surface area contributed by atoms with Crippen LogP contribution in [0, 0.1) is 0 Å². The smallest absolute Gasteiger partial charge is 0.176 e. The summed E-state index contributed by atoms with van der Waals surface area (Å²) in [5, 5.41) is 19.1. The summed E-state index contributed by atoms with van der Waals surface area (Å²) in [7, 11) is 0. The molecule has 4 nitrogen and oxygen atoms in total. The van der Waals surface area contributed by atoms with E-state index < -0.39 is 51.6 Å². The van der Waals surface area contributed by atoms with E-state index in [0.717, 1.165) is 6.07 Å². The number of aliphatic hydroxyl groups is 1. The SMILES string of the molecule is Cl.[2H]C([2H])([2H])C(N(CC(=O)c1ccc(O)c(CO)c1)Cc1ccccc1)(C([2H])([2H])[2H])C([2H])([2H])[2H]. The highest BCUT2D eigenvalue weighted by atomic mass is 35.5. The van der Waals surface area contributed by atoms with E-state index in [-0.39, 0.29) is 29.3 Å². The van der Waals surface area contributed by atoms with Crippen LogP contribution >= 0.6 is 12.4 Å². The Balaban J connectivity index is 0.00000578. The number of phenols is 1. The largest absolute Gasteiger partial charge is 0.508 e. The van der Waals surface area contributed by atoms with Gasteiger partial charge in [-0.15, -0.1) is 12.4 Å². The molecule has 136 valence electrons. The highest BCUT2D eigenvalue weighted by molar-refractivity contribution is 5.98. The predicted octanol–water partition coefficient (Wildman–Crippen LogP) is 3.79. The summed E-state index contributed by atoms with van der Waals surface area (Å²) < 4.78 is 71.8. The lowest BCUT2D eigenvalue weighted by atomic mass is 10.0. The van der Waals surface area contributed by atoms with Crippen LogP contribution < -0.4 is 0 Å². The highest BCUT2D eigenvalue weighted by Gasteiger charge is 2.24. The van der Waals surface area contributed by atoms with Gasteiger partial charge in [0.05, 0.1) is 13.2 Å². The van der Waals surface area contributed by atoms with Crippen LogP contribution in [0.5, 0.6) is 5.75 Å². The molecular formula is C20H26ClNO3. The zero-order valence-electron chi connectivity index (χ0n) is 22.4. The van der Waals surface area contributed by atoms with E-state index in [9.17, 15) is 15.0 Å². The minimum Gasteiger partial charge on any atom is -0.508 e. The van der Waals surface area contributed by atoms with Crippen molar-refractivity contribution in [3.05, 3.63) is 65.2 Å². The first-order valence-electron chi connectivity index (χ1n) is 11.8. The summed E-state index contributed by atoms with van der Waals surface area (Å²) in [5.41, 5.74) is -2.96. The second-order valence-corrected chi connectivity index (χ2v) is 5.48. The van der Waals surface area contributed by atoms with Gasteiger partial charge in [0.1, 0.15) is 5.75 Å².